The van der Waals surface area contributed by atoms with Crippen LogP contribution in [0.15, 0.2) is 54.7 Å². The van der Waals surface area contributed by atoms with E-state index in [1.165, 1.54) is 0 Å². The van der Waals surface area contributed by atoms with Crippen molar-refractivity contribution in [3.8, 4) is 11.4 Å². The van der Waals surface area contributed by atoms with Crippen molar-refractivity contribution >= 4 is 34.7 Å². The van der Waals surface area contributed by atoms with Gasteiger partial charge >= 0.3 is 6.03 Å². The maximum Gasteiger partial charge on any atom is 0.322 e. The van der Waals surface area contributed by atoms with Crippen LogP contribution in [0, 0.1) is 6.92 Å². The highest BCUT2D eigenvalue weighted by Crippen LogP contribution is 2.31. The number of aromatic nitrogens is 4. The van der Waals surface area contributed by atoms with Gasteiger partial charge in [-0.1, -0.05) is 6.07 Å². The van der Waals surface area contributed by atoms with Gasteiger partial charge in [-0.25, -0.2) is 19.7 Å². The summed E-state index contributed by atoms with van der Waals surface area (Å²) in [6, 6.07) is 15.4. The summed E-state index contributed by atoms with van der Waals surface area (Å²) in [5, 5.41) is 6.37. The van der Waals surface area contributed by atoms with Crippen molar-refractivity contribution in [2.75, 3.05) is 22.9 Å². The summed E-state index contributed by atoms with van der Waals surface area (Å²) < 4.78 is 1.97. The first-order valence-corrected chi connectivity index (χ1v) is 11.0. The van der Waals surface area contributed by atoms with Gasteiger partial charge in [-0.15, -0.1) is 0 Å². The fourth-order valence-corrected chi connectivity index (χ4v) is 4.24. The summed E-state index contributed by atoms with van der Waals surface area (Å²) in [5.41, 5.74) is 9.84. The van der Waals surface area contributed by atoms with Gasteiger partial charge in [-0.05, 0) is 63.1 Å². The number of benzene rings is 1. The number of nitrogens with two attached hydrogens (primary N) is 1. The van der Waals surface area contributed by atoms with E-state index in [1.807, 2.05) is 64.9 Å². The molecule has 1 atom stereocenters. The lowest BCUT2D eigenvalue weighted by Gasteiger charge is -2.21. The molecule has 0 aliphatic carbocycles. The number of amides is 2. The highest BCUT2D eigenvalue weighted by Gasteiger charge is 2.25. The maximum atomic E-state index is 12.5. The Morgan fingerprint density at radius 1 is 1.09 bits per heavy atom. The van der Waals surface area contributed by atoms with Gasteiger partial charge in [0.05, 0.1) is 5.69 Å². The molecule has 0 unspecified atom stereocenters. The average Bonchev–Trinajstić information content (AvgIpc) is 3.37. The predicted molar refractivity (Wildman–Crippen MR) is 130 cm³/mol. The molecule has 1 aliphatic heterocycles. The zero-order chi connectivity index (χ0) is 22.9. The van der Waals surface area contributed by atoms with Crippen LogP contribution < -0.4 is 16.4 Å². The minimum absolute atomic E-state index is 0.0555. The van der Waals surface area contributed by atoms with E-state index in [-0.39, 0.29) is 12.1 Å². The number of likely N-dealkylation sites (tertiary alicyclic amines) is 1. The number of aryl methyl sites for hydroxylation is 1. The molecule has 1 saturated heterocycles. The van der Waals surface area contributed by atoms with Crippen LogP contribution in [0.25, 0.3) is 17.0 Å². The second-order valence-corrected chi connectivity index (χ2v) is 8.28. The van der Waals surface area contributed by atoms with Crippen LogP contribution in [0.4, 0.5) is 27.8 Å². The zero-order valence-corrected chi connectivity index (χ0v) is 18.6. The Morgan fingerprint density at radius 2 is 1.88 bits per heavy atom. The standard InChI is InChI=1S/C24H26N8O/c1-15-6-5-13-31(15)24(33)29-18-10-8-17(9-11-18)28-23-22(19-14-20(25)27-16(2)26-19)32-12-4-3-7-21(32)30-23/h3-4,7-12,14-15,28H,5-6,13H2,1-2H3,(H,29,33)(H2,25,26,27)/t15-/m0/s1. The number of carbonyl (C=O) groups excluding carboxylic acids is 1. The third-order valence-electron chi connectivity index (χ3n) is 5.84. The van der Waals surface area contributed by atoms with Crippen LogP contribution in [-0.2, 0) is 0 Å². The molecule has 1 fully saturated rings. The summed E-state index contributed by atoms with van der Waals surface area (Å²) in [7, 11) is 0. The number of nitrogens with one attached hydrogen (secondary N) is 2. The smallest absolute Gasteiger partial charge is 0.322 e. The molecule has 0 saturated carbocycles. The minimum Gasteiger partial charge on any atom is -0.384 e. The van der Waals surface area contributed by atoms with Crippen molar-refractivity contribution in [3.63, 3.8) is 0 Å². The molecular weight excluding hydrogens is 416 g/mol. The van der Waals surface area contributed by atoms with E-state index in [0.717, 1.165) is 42.1 Å². The number of nitrogens with zero attached hydrogens (tertiary/aromatic N) is 5. The van der Waals surface area contributed by atoms with Gasteiger partial charge in [0.25, 0.3) is 0 Å². The van der Waals surface area contributed by atoms with Crippen LogP contribution in [0.2, 0.25) is 0 Å². The highest BCUT2D eigenvalue weighted by atomic mass is 16.2. The van der Waals surface area contributed by atoms with Gasteiger partial charge in [-0.3, -0.25) is 4.40 Å². The number of nitrogen functional groups attached to an aromatic ring is 1. The normalized spacial score (nSPS) is 15.7. The second kappa shape index (κ2) is 8.42. The number of urea groups is 1. The van der Waals surface area contributed by atoms with Crippen molar-refractivity contribution in [2.24, 2.45) is 0 Å². The fourth-order valence-electron chi connectivity index (χ4n) is 4.24. The number of fused-ring (bicyclic) bond motifs is 1. The van der Waals surface area contributed by atoms with Crippen LogP contribution >= 0.6 is 0 Å². The van der Waals surface area contributed by atoms with Crippen LogP contribution in [0.1, 0.15) is 25.6 Å². The SMILES string of the molecule is Cc1nc(N)cc(-c2c(Nc3ccc(NC(=O)N4CCC[C@@H]4C)cc3)nc3ccccn23)n1. The first kappa shape index (κ1) is 20.7. The Morgan fingerprint density at radius 3 is 2.61 bits per heavy atom. The Balaban J connectivity index is 1.42. The molecule has 0 bridgehead atoms. The number of carbonyl (C=O) groups is 1. The van der Waals surface area contributed by atoms with Gasteiger partial charge < -0.3 is 21.3 Å². The predicted octanol–water partition coefficient (Wildman–Crippen LogP) is 4.44. The lowest BCUT2D eigenvalue weighted by molar-refractivity contribution is 0.210. The van der Waals surface area contributed by atoms with E-state index >= 15 is 0 Å². The van der Waals surface area contributed by atoms with E-state index in [0.29, 0.717) is 23.2 Å². The van der Waals surface area contributed by atoms with Crippen LogP contribution in [0.5, 0.6) is 0 Å². The molecule has 4 aromatic rings. The first-order chi connectivity index (χ1) is 16.0. The lowest BCUT2D eigenvalue weighted by atomic mass is 10.2. The van der Waals surface area contributed by atoms with Crippen molar-refractivity contribution in [3.05, 3.63) is 60.6 Å². The number of anilines is 4. The lowest BCUT2D eigenvalue weighted by Crippen LogP contribution is -2.37. The first-order valence-electron chi connectivity index (χ1n) is 11.0. The van der Waals surface area contributed by atoms with E-state index in [1.54, 1.807) is 6.07 Å². The molecule has 0 radical (unpaired) electrons. The van der Waals surface area contributed by atoms with E-state index in [2.05, 4.69) is 27.5 Å². The highest BCUT2D eigenvalue weighted by molar-refractivity contribution is 5.90. The Kier molecular flexibility index (Phi) is 5.29. The quantitative estimate of drug-likeness (QED) is 0.431. The molecule has 0 spiro atoms. The fraction of sp³-hybridized carbons (Fsp3) is 0.250. The van der Waals surface area contributed by atoms with Gasteiger partial charge in [0.1, 0.15) is 23.0 Å². The van der Waals surface area contributed by atoms with Crippen LogP contribution in [0.3, 0.4) is 0 Å². The monoisotopic (exact) mass is 442 g/mol. The van der Waals surface area contributed by atoms with E-state index in [4.69, 9.17) is 10.7 Å². The molecule has 168 valence electrons. The number of hydrogen-bond donors (Lipinski definition) is 3. The van der Waals surface area contributed by atoms with Crippen LogP contribution in [-0.4, -0.2) is 42.9 Å². The Labute approximate surface area is 191 Å². The molecule has 9 nitrogen and oxygen atoms in total. The van der Waals surface area contributed by atoms with Gasteiger partial charge in [0.2, 0.25) is 0 Å². The van der Waals surface area contributed by atoms with E-state index < -0.39 is 0 Å². The van der Waals surface area contributed by atoms with Gasteiger partial charge in [0.15, 0.2) is 5.82 Å². The zero-order valence-electron chi connectivity index (χ0n) is 18.6. The Hall–Kier alpha value is -4.14. The maximum absolute atomic E-state index is 12.5. The molecule has 33 heavy (non-hydrogen) atoms. The molecule has 9 heteroatoms. The molecule has 3 aromatic heterocycles. The summed E-state index contributed by atoms with van der Waals surface area (Å²) in [6.45, 7) is 4.70. The number of imidazole rings is 1. The summed E-state index contributed by atoms with van der Waals surface area (Å²) in [4.78, 5) is 27.9. The third kappa shape index (κ3) is 4.17. The van der Waals surface area contributed by atoms with Gasteiger partial charge in [-0.2, -0.15) is 0 Å². The largest absolute Gasteiger partial charge is 0.384 e. The second-order valence-electron chi connectivity index (χ2n) is 8.28. The molecule has 1 aliphatic rings. The minimum atomic E-state index is -0.0555. The topological polar surface area (TPSA) is 113 Å². The molecule has 4 heterocycles. The molecule has 4 N–H and O–H groups in total. The molecule has 1 aromatic carbocycles. The Bertz CT molecular complexity index is 1290. The number of pyridine rings is 1. The summed E-state index contributed by atoms with van der Waals surface area (Å²) in [5.74, 6) is 1.65. The average molecular weight is 443 g/mol. The third-order valence-corrected chi connectivity index (χ3v) is 5.84. The van der Waals surface area contributed by atoms with Gasteiger partial charge in [0, 0.05) is 36.2 Å². The molecule has 5 rings (SSSR count). The van der Waals surface area contributed by atoms with E-state index in [9.17, 15) is 4.79 Å². The molecular formula is C24H26N8O. The van der Waals surface area contributed by atoms with Crippen molar-refractivity contribution < 1.29 is 4.79 Å². The number of hydrogen-bond acceptors (Lipinski definition) is 6. The molecule has 2 amide bonds. The summed E-state index contributed by atoms with van der Waals surface area (Å²) >= 11 is 0. The number of rotatable bonds is 4. The van der Waals surface area contributed by atoms with Crippen molar-refractivity contribution in [1.82, 2.24) is 24.3 Å². The van der Waals surface area contributed by atoms with Crippen molar-refractivity contribution in [1.29, 1.82) is 0 Å². The van der Waals surface area contributed by atoms with Crippen molar-refractivity contribution in [2.45, 2.75) is 32.7 Å². The summed E-state index contributed by atoms with van der Waals surface area (Å²) in [6.07, 6.45) is 4.04.